The van der Waals surface area contributed by atoms with Gasteiger partial charge in [-0.2, -0.15) is 0 Å². The minimum Gasteiger partial charge on any atom is -0.497 e. The monoisotopic (exact) mass is 426 g/mol. The van der Waals surface area contributed by atoms with Crippen molar-refractivity contribution in [2.24, 2.45) is 5.92 Å². The lowest BCUT2D eigenvalue weighted by atomic mass is 10.0. The smallest absolute Gasteiger partial charge is 0.282 e. The molecule has 1 amide bonds. The molecule has 2 N–H and O–H groups in total. The largest absolute Gasteiger partial charge is 0.497 e. The van der Waals surface area contributed by atoms with Gasteiger partial charge in [0.1, 0.15) is 16.6 Å². The Morgan fingerprint density at radius 3 is 2.53 bits per heavy atom. The van der Waals surface area contributed by atoms with Gasteiger partial charge < -0.3 is 15.4 Å². The third-order valence-corrected chi connectivity index (χ3v) is 5.99. The number of nitrogens with zero attached hydrogens (tertiary/aromatic N) is 2. The van der Waals surface area contributed by atoms with E-state index < -0.39 is 0 Å². The molecular weight excluding hydrogens is 403 g/mol. The fraction of sp³-hybridized carbons (Fsp3) is 0.318. The van der Waals surface area contributed by atoms with Gasteiger partial charge in [0.05, 0.1) is 13.7 Å². The third kappa shape index (κ3) is 5.20. The lowest BCUT2D eigenvalue weighted by Gasteiger charge is -2.18. The number of nitrogens with one attached hydrogen (secondary N) is 2. The summed E-state index contributed by atoms with van der Waals surface area (Å²) in [5, 5.41) is 15.6. The van der Waals surface area contributed by atoms with Crippen LogP contribution in [0.2, 0.25) is 0 Å². The fourth-order valence-electron chi connectivity index (χ4n) is 3.27. The third-order valence-electron chi connectivity index (χ3n) is 5.07. The molecule has 30 heavy (non-hydrogen) atoms. The highest BCUT2D eigenvalue weighted by molar-refractivity contribution is 7.13. The maximum atomic E-state index is 13.0. The van der Waals surface area contributed by atoms with E-state index in [1.165, 1.54) is 41.9 Å². The summed E-state index contributed by atoms with van der Waals surface area (Å²) in [5.74, 6) is 0.876. The Bertz CT molecular complexity index is 987. The average Bonchev–Trinajstić information content (AvgIpc) is 3.50. The Morgan fingerprint density at radius 2 is 1.87 bits per heavy atom. The van der Waals surface area contributed by atoms with E-state index in [1.54, 1.807) is 19.2 Å². The predicted octanol–water partition coefficient (Wildman–Crippen LogP) is 3.86. The Balaban J connectivity index is 1.32. The molecule has 156 valence electrons. The summed E-state index contributed by atoms with van der Waals surface area (Å²) >= 11 is 1.28. The van der Waals surface area contributed by atoms with Gasteiger partial charge in [-0.1, -0.05) is 35.6 Å². The van der Waals surface area contributed by atoms with Gasteiger partial charge in [-0.05, 0) is 54.2 Å². The summed E-state index contributed by atoms with van der Waals surface area (Å²) in [6.45, 7) is 0.865. The van der Waals surface area contributed by atoms with Gasteiger partial charge in [-0.15, -0.1) is 10.2 Å². The molecule has 3 aromatic rings. The second-order valence-electron chi connectivity index (χ2n) is 7.28. The molecule has 1 aliphatic rings. The zero-order chi connectivity index (χ0) is 20.9. The van der Waals surface area contributed by atoms with E-state index in [2.05, 4.69) is 33.0 Å². The molecule has 2 aromatic carbocycles. The van der Waals surface area contributed by atoms with Crippen LogP contribution in [0.25, 0.3) is 0 Å². The topological polar surface area (TPSA) is 76.1 Å². The molecule has 1 atom stereocenters. The van der Waals surface area contributed by atoms with Crippen LogP contribution >= 0.6 is 11.3 Å². The van der Waals surface area contributed by atoms with Gasteiger partial charge in [0.2, 0.25) is 5.01 Å². The lowest BCUT2D eigenvalue weighted by Crippen LogP contribution is -2.22. The number of carbonyl (C=O) groups is 1. The highest BCUT2D eigenvalue weighted by atomic mass is 32.1. The van der Waals surface area contributed by atoms with Gasteiger partial charge in [-0.25, -0.2) is 4.39 Å². The van der Waals surface area contributed by atoms with E-state index in [4.69, 9.17) is 4.74 Å². The molecule has 4 rings (SSSR count). The number of carbonyl (C=O) groups excluding carboxylic acids is 1. The summed E-state index contributed by atoms with van der Waals surface area (Å²) in [6, 6.07) is 14.4. The van der Waals surface area contributed by atoms with Crippen LogP contribution in [-0.2, 0) is 13.1 Å². The minimum atomic E-state index is -0.300. The molecule has 0 saturated heterocycles. The van der Waals surface area contributed by atoms with Gasteiger partial charge in [0.15, 0.2) is 0 Å². The number of rotatable bonds is 9. The fourth-order valence-corrected chi connectivity index (χ4v) is 3.98. The summed E-state index contributed by atoms with van der Waals surface area (Å²) in [5.41, 5.74) is 2.04. The SMILES string of the molecule is COc1ccc(C(NCc2nnc(C(=O)NCc3ccc(F)cc3)s2)C2CC2)cc1. The first-order valence-corrected chi connectivity index (χ1v) is 10.7. The average molecular weight is 427 g/mol. The van der Waals surface area contributed by atoms with Crippen LogP contribution in [0, 0.1) is 11.7 Å². The lowest BCUT2D eigenvalue weighted by molar-refractivity contribution is 0.0950. The van der Waals surface area contributed by atoms with E-state index in [1.807, 2.05) is 12.1 Å². The van der Waals surface area contributed by atoms with E-state index in [0.29, 0.717) is 24.0 Å². The first-order valence-electron chi connectivity index (χ1n) is 9.85. The van der Waals surface area contributed by atoms with Crippen molar-refractivity contribution in [3.8, 4) is 5.75 Å². The number of amides is 1. The van der Waals surface area contributed by atoms with Crippen LogP contribution in [0.1, 0.15) is 44.8 Å². The van der Waals surface area contributed by atoms with Crippen LogP contribution in [-0.4, -0.2) is 23.2 Å². The molecule has 1 aliphatic carbocycles. The van der Waals surface area contributed by atoms with Gasteiger partial charge in [0, 0.05) is 12.6 Å². The molecule has 0 radical (unpaired) electrons. The van der Waals surface area contributed by atoms with Crippen molar-refractivity contribution >= 4 is 17.2 Å². The number of aromatic nitrogens is 2. The first-order chi connectivity index (χ1) is 14.6. The summed E-state index contributed by atoms with van der Waals surface area (Å²) in [7, 11) is 1.66. The number of hydrogen-bond acceptors (Lipinski definition) is 6. The molecule has 6 nitrogen and oxygen atoms in total. The van der Waals surface area contributed by atoms with E-state index in [-0.39, 0.29) is 17.8 Å². The van der Waals surface area contributed by atoms with E-state index >= 15 is 0 Å². The number of methoxy groups -OCH3 is 1. The maximum absolute atomic E-state index is 13.0. The zero-order valence-corrected chi connectivity index (χ0v) is 17.4. The second-order valence-corrected chi connectivity index (χ2v) is 8.34. The van der Waals surface area contributed by atoms with E-state index in [0.717, 1.165) is 16.3 Å². The van der Waals surface area contributed by atoms with Crippen molar-refractivity contribution in [1.82, 2.24) is 20.8 Å². The zero-order valence-electron chi connectivity index (χ0n) is 16.6. The van der Waals surface area contributed by atoms with Crippen LogP contribution in [0.3, 0.4) is 0 Å². The first kappa shape index (κ1) is 20.4. The number of halogens is 1. The highest BCUT2D eigenvalue weighted by Gasteiger charge is 2.32. The van der Waals surface area contributed by atoms with Gasteiger partial charge in [-0.3, -0.25) is 4.79 Å². The summed E-state index contributed by atoms with van der Waals surface area (Å²) in [6.07, 6.45) is 2.41. The van der Waals surface area contributed by atoms with Crippen molar-refractivity contribution in [3.63, 3.8) is 0 Å². The summed E-state index contributed by atoms with van der Waals surface area (Å²) < 4.78 is 18.2. The van der Waals surface area contributed by atoms with Crippen molar-refractivity contribution in [2.75, 3.05) is 7.11 Å². The molecular formula is C22H23FN4O2S. The number of benzene rings is 2. The van der Waals surface area contributed by atoms with Gasteiger partial charge in [0.25, 0.3) is 5.91 Å². The molecule has 1 saturated carbocycles. The van der Waals surface area contributed by atoms with Crippen molar-refractivity contribution in [3.05, 3.63) is 75.5 Å². The standard InChI is InChI=1S/C22H23FN4O2S/c1-29-18-10-6-16(7-11-18)20(15-4-5-15)24-13-19-26-27-22(30-19)21(28)25-12-14-2-8-17(23)9-3-14/h2-3,6-11,15,20,24H,4-5,12-13H2,1H3,(H,25,28). The molecule has 1 fully saturated rings. The van der Waals surface area contributed by atoms with E-state index in [9.17, 15) is 9.18 Å². The Morgan fingerprint density at radius 1 is 1.13 bits per heavy atom. The van der Waals surface area contributed by atoms with Crippen molar-refractivity contribution in [1.29, 1.82) is 0 Å². The van der Waals surface area contributed by atoms with Gasteiger partial charge >= 0.3 is 0 Å². The maximum Gasteiger partial charge on any atom is 0.282 e. The van der Waals surface area contributed by atoms with Crippen LogP contribution in [0.5, 0.6) is 5.75 Å². The van der Waals surface area contributed by atoms with Crippen LogP contribution in [0.4, 0.5) is 4.39 Å². The normalized spacial score (nSPS) is 14.3. The molecule has 1 heterocycles. The highest BCUT2D eigenvalue weighted by Crippen LogP contribution is 2.41. The molecule has 0 aliphatic heterocycles. The second kappa shape index (κ2) is 9.32. The predicted molar refractivity (Wildman–Crippen MR) is 113 cm³/mol. The van der Waals surface area contributed by atoms with Crippen molar-refractivity contribution in [2.45, 2.75) is 32.0 Å². The molecule has 0 bridgehead atoms. The Labute approximate surface area is 178 Å². The quantitative estimate of drug-likeness (QED) is 0.543. The van der Waals surface area contributed by atoms with Crippen molar-refractivity contribution < 1.29 is 13.9 Å². The minimum absolute atomic E-state index is 0.246. The number of hydrogen-bond donors (Lipinski definition) is 2. The molecule has 1 unspecified atom stereocenters. The Kier molecular flexibility index (Phi) is 6.35. The van der Waals surface area contributed by atoms with Crippen LogP contribution in [0.15, 0.2) is 48.5 Å². The molecule has 0 spiro atoms. The molecule has 1 aromatic heterocycles. The summed E-state index contributed by atoms with van der Waals surface area (Å²) in [4.78, 5) is 12.3. The molecule has 8 heteroatoms. The number of ether oxygens (including phenoxy) is 1. The van der Waals surface area contributed by atoms with Crippen LogP contribution < -0.4 is 15.4 Å². The Hall–Kier alpha value is -2.84.